The van der Waals surface area contributed by atoms with E-state index in [0.717, 1.165) is 6.42 Å². The van der Waals surface area contributed by atoms with Gasteiger partial charge in [0.15, 0.2) is 0 Å². The van der Waals surface area contributed by atoms with Gasteiger partial charge in [-0.2, -0.15) is 5.26 Å². The molecular weight excluding hydrogens is 230 g/mol. The van der Waals surface area contributed by atoms with Crippen molar-refractivity contribution in [3.05, 3.63) is 29.8 Å². The maximum Gasteiger partial charge on any atom is 0.241 e. The summed E-state index contributed by atoms with van der Waals surface area (Å²) in [7, 11) is 1.61. The van der Waals surface area contributed by atoms with Crippen LogP contribution in [0.4, 0.5) is 5.69 Å². The van der Waals surface area contributed by atoms with E-state index in [1.165, 1.54) is 0 Å². The summed E-state index contributed by atoms with van der Waals surface area (Å²) in [5, 5.41) is 11.6. The van der Waals surface area contributed by atoms with E-state index in [4.69, 9.17) is 15.7 Å². The average molecular weight is 247 g/mol. The molecule has 0 saturated carbocycles. The number of amides is 1. The summed E-state index contributed by atoms with van der Waals surface area (Å²) in [6, 6.07) is 8.25. The molecule has 0 radical (unpaired) electrons. The number of hydrogen-bond donors (Lipinski definition) is 2. The van der Waals surface area contributed by atoms with Crippen LogP contribution in [0.5, 0.6) is 0 Å². The molecule has 0 aliphatic rings. The molecule has 1 rings (SSSR count). The SMILES string of the molecule is COCCCC(N)C(=O)Nc1ccccc1C#N. The zero-order valence-corrected chi connectivity index (χ0v) is 10.3. The van der Waals surface area contributed by atoms with Crippen molar-refractivity contribution in [2.24, 2.45) is 5.73 Å². The van der Waals surface area contributed by atoms with Crippen molar-refractivity contribution >= 4 is 11.6 Å². The molecule has 0 aromatic heterocycles. The number of anilines is 1. The Hall–Kier alpha value is -1.90. The van der Waals surface area contributed by atoms with E-state index in [9.17, 15) is 4.79 Å². The summed E-state index contributed by atoms with van der Waals surface area (Å²) < 4.78 is 4.90. The third kappa shape index (κ3) is 4.17. The van der Waals surface area contributed by atoms with Crippen molar-refractivity contribution in [1.29, 1.82) is 5.26 Å². The first kappa shape index (κ1) is 14.2. The Morgan fingerprint density at radius 1 is 1.56 bits per heavy atom. The van der Waals surface area contributed by atoms with Crippen molar-refractivity contribution in [2.45, 2.75) is 18.9 Å². The van der Waals surface area contributed by atoms with E-state index >= 15 is 0 Å². The largest absolute Gasteiger partial charge is 0.385 e. The number of ether oxygens (including phenoxy) is 1. The molecule has 1 aromatic rings. The molecule has 5 heteroatoms. The lowest BCUT2D eigenvalue weighted by atomic mass is 10.1. The van der Waals surface area contributed by atoms with Crippen LogP contribution < -0.4 is 11.1 Å². The van der Waals surface area contributed by atoms with Gasteiger partial charge < -0.3 is 15.8 Å². The number of hydrogen-bond acceptors (Lipinski definition) is 4. The molecule has 5 nitrogen and oxygen atoms in total. The Kier molecular flexibility index (Phi) is 5.85. The molecule has 0 bridgehead atoms. The third-order valence-corrected chi connectivity index (χ3v) is 2.51. The minimum atomic E-state index is -0.591. The zero-order chi connectivity index (χ0) is 13.4. The zero-order valence-electron chi connectivity index (χ0n) is 10.3. The van der Waals surface area contributed by atoms with E-state index < -0.39 is 6.04 Å². The van der Waals surface area contributed by atoms with Gasteiger partial charge in [-0.1, -0.05) is 12.1 Å². The van der Waals surface area contributed by atoms with Crippen LogP contribution in [0.1, 0.15) is 18.4 Å². The number of para-hydroxylation sites is 1. The standard InChI is InChI=1S/C13H17N3O2/c1-18-8-4-6-11(15)13(17)16-12-7-3-2-5-10(12)9-14/h2-3,5,7,11H,4,6,8,15H2,1H3,(H,16,17). The summed E-state index contributed by atoms with van der Waals surface area (Å²) in [6.07, 6.45) is 1.28. The Labute approximate surface area is 107 Å². The monoisotopic (exact) mass is 247 g/mol. The molecule has 18 heavy (non-hydrogen) atoms. The highest BCUT2D eigenvalue weighted by Crippen LogP contribution is 2.13. The number of nitriles is 1. The molecule has 0 spiro atoms. The van der Waals surface area contributed by atoms with Crippen molar-refractivity contribution in [2.75, 3.05) is 19.0 Å². The van der Waals surface area contributed by atoms with Crippen molar-refractivity contribution in [1.82, 2.24) is 0 Å². The highest BCUT2D eigenvalue weighted by molar-refractivity contribution is 5.95. The first-order chi connectivity index (χ1) is 8.69. The molecular formula is C13H17N3O2. The Morgan fingerprint density at radius 3 is 2.94 bits per heavy atom. The van der Waals surface area contributed by atoms with Crippen LogP contribution in [0.3, 0.4) is 0 Å². The first-order valence-corrected chi connectivity index (χ1v) is 5.73. The fourth-order valence-corrected chi connectivity index (χ4v) is 1.49. The lowest BCUT2D eigenvalue weighted by Gasteiger charge is -2.12. The number of nitrogens with two attached hydrogens (primary N) is 1. The average Bonchev–Trinajstić information content (AvgIpc) is 2.39. The van der Waals surface area contributed by atoms with Gasteiger partial charge in [0.25, 0.3) is 0 Å². The van der Waals surface area contributed by atoms with Crippen molar-refractivity contribution < 1.29 is 9.53 Å². The van der Waals surface area contributed by atoms with E-state index in [1.54, 1.807) is 31.4 Å². The minimum Gasteiger partial charge on any atom is -0.385 e. The van der Waals surface area contributed by atoms with Gasteiger partial charge in [0.05, 0.1) is 17.3 Å². The molecule has 3 N–H and O–H groups in total. The molecule has 96 valence electrons. The smallest absolute Gasteiger partial charge is 0.241 e. The van der Waals surface area contributed by atoms with E-state index in [2.05, 4.69) is 5.32 Å². The van der Waals surface area contributed by atoms with Gasteiger partial charge in [-0.25, -0.2) is 0 Å². The summed E-state index contributed by atoms with van der Waals surface area (Å²) in [5.41, 5.74) is 6.67. The number of carbonyl (C=O) groups excluding carboxylic acids is 1. The fraction of sp³-hybridized carbons (Fsp3) is 0.385. The topological polar surface area (TPSA) is 88.1 Å². The van der Waals surface area contributed by atoms with Gasteiger partial charge in [-0.05, 0) is 25.0 Å². The Balaban J connectivity index is 2.56. The van der Waals surface area contributed by atoms with Gasteiger partial charge in [0.1, 0.15) is 6.07 Å². The molecule has 0 fully saturated rings. The Bertz CT molecular complexity index is 440. The summed E-state index contributed by atoms with van der Waals surface area (Å²) >= 11 is 0. The summed E-state index contributed by atoms with van der Waals surface area (Å²) in [4.78, 5) is 11.8. The van der Waals surface area contributed by atoms with Gasteiger partial charge >= 0.3 is 0 Å². The number of nitrogens with one attached hydrogen (secondary N) is 1. The number of rotatable bonds is 6. The maximum absolute atomic E-state index is 11.8. The van der Waals surface area contributed by atoms with Crippen molar-refractivity contribution in [3.63, 3.8) is 0 Å². The van der Waals surface area contributed by atoms with Gasteiger partial charge in [-0.15, -0.1) is 0 Å². The van der Waals surface area contributed by atoms with Crippen LogP contribution in [0.25, 0.3) is 0 Å². The second-order valence-electron chi connectivity index (χ2n) is 3.89. The lowest BCUT2D eigenvalue weighted by molar-refractivity contribution is -0.117. The number of methoxy groups -OCH3 is 1. The molecule has 0 aliphatic carbocycles. The molecule has 1 aromatic carbocycles. The quantitative estimate of drug-likeness (QED) is 0.740. The highest BCUT2D eigenvalue weighted by atomic mass is 16.5. The van der Waals surface area contributed by atoms with Gasteiger partial charge in [0, 0.05) is 13.7 Å². The number of carbonyl (C=O) groups is 1. The normalized spacial score (nSPS) is 11.6. The fourth-order valence-electron chi connectivity index (χ4n) is 1.49. The maximum atomic E-state index is 11.8. The molecule has 1 unspecified atom stereocenters. The van der Waals surface area contributed by atoms with E-state index in [-0.39, 0.29) is 5.91 Å². The molecule has 1 amide bonds. The van der Waals surface area contributed by atoms with Crippen LogP contribution in [0.15, 0.2) is 24.3 Å². The Morgan fingerprint density at radius 2 is 2.28 bits per heavy atom. The van der Waals surface area contributed by atoms with Crippen LogP contribution >= 0.6 is 0 Å². The summed E-state index contributed by atoms with van der Waals surface area (Å²) in [5.74, 6) is -0.284. The number of nitrogens with zero attached hydrogens (tertiary/aromatic N) is 1. The third-order valence-electron chi connectivity index (χ3n) is 2.51. The van der Waals surface area contributed by atoms with Gasteiger partial charge in [0.2, 0.25) is 5.91 Å². The van der Waals surface area contributed by atoms with E-state index in [0.29, 0.717) is 24.3 Å². The van der Waals surface area contributed by atoms with Crippen LogP contribution in [-0.2, 0) is 9.53 Å². The molecule has 0 heterocycles. The van der Waals surface area contributed by atoms with Crippen LogP contribution in [0, 0.1) is 11.3 Å². The van der Waals surface area contributed by atoms with Gasteiger partial charge in [-0.3, -0.25) is 4.79 Å². The van der Waals surface area contributed by atoms with Crippen LogP contribution in [0.2, 0.25) is 0 Å². The predicted molar refractivity (Wildman–Crippen MR) is 68.9 cm³/mol. The number of benzene rings is 1. The predicted octanol–water partition coefficient (Wildman–Crippen LogP) is 1.25. The first-order valence-electron chi connectivity index (χ1n) is 5.73. The molecule has 0 aliphatic heterocycles. The van der Waals surface area contributed by atoms with Crippen LogP contribution in [-0.4, -0.2) is 25.7 Å². The second-order valence-corrected chi connectivity index (χ2v) is 3.89. The van der Waals surface area contributed by atoms with E-state index in [1.807, 2.05) is 6.07 Å². The van der Waals surface area contributed by atoms with Crippen molar-refractivity contribution in [3.8, 4) is 6.07 Å². The second kappa shape index (κ2) is 7.43. The lowest BCUT2D eigenvalue weighted by Crippen LogP contribution is -2.35. The summed E-state index contributed by atoms with van der Waals surface area (Å²) in [6.45, 7) is 0.579. The molecule has 1 atom stereocenters. The minimum absolute atomic E-state index is 0.284. The molecule has 0 saturated heterocycles. The highest BCUT2D eigenvalue weighted by Gasteiger charge is 2.14.